The molecule has 0 bridgehead atoms. The largest absolute Gasteiger partial charge is 0.455 e. The van der Waals surface area contributed by atoms with E-state index < -0.39 is 0 Å². The van der Waals surface area contributed by atoms with Crippen LogP contribution < -0.4 is 15.4 Å². The van der Waals surface area contributed by atoms with E-state index in [0.717, 1.165) is 4.47 Å². The summed E-state index contributed by atoms with van der Waals surface area (Å²) in [6, 6.07) is 20.0. The predicted molar refractivity (Wildman–Crippen MR) is 120 cm³/mol. The number of aromatic nitrogens is 1. The summed E-state index contributed by atoms with van der Waals surface area (Å²) in [5.41, 5.74) is 0.559. The number of ether oxygens (including phenoxy) is 1. The molecule has 0 aliphatic carbocycles. The quantitative estimate of drug-likeness (QED) is 0.518. The van der Waals surface area contributed by atoms with Crippen LogP contribution in [-0.2, 0) is 9.59 Å². The van der Waals surface area contributed by atoms with Gasteiger partial charge in [0.2, 0.25) is 11.8 Å². The monoisotopic (exact) mass is 468 g/mol. The van der Waals surface area contributed by atoms with Crippen molar-refractivity contribution in [2.75, 3.05) is 30.8 Å². The Hall–Kier alpha value is -3.23. The molecule has 0 saturated carbocycles. The summed E-state index contributed by atoms with van der Waals surface area (Å²) in [4.78, 5) is 30.3. The van der Waals surface area contributed by atoms with E-state index in [1.165, 1.54) is 0 Å². The molecule has 3 rings (SSSR count). The number of halogens is 1. The van der Waals surface area contributed by atoms with Gasteiger partial charge in [-0.25, -0.2) is 4.98 Å². The molecule has 0 radical (unpaired) electrons. The van der Waals surface area contributed by atoms with Crippen molar-refractivity contribution in [1.82, 2.24) is 9.88 Å². The average Bonchev–Trinajstić information content (AvgIpc) is 2.71. The Morgan fingerprint density at radius 3 is 2.30 bits per heavy atom. The van der Waals surface area contributed by atoms with Crippen molar-refractivity contribution in [1.29, 1.82) is 0 Å². The summed E-state index contributed by atoms with van der Waals surface area (Å²) in [5, 5.41) is 5.53. The fourth-order valence-corrected chi connectivity index (χ4v) is 2.88. The SMILES string of the molecule is CN(CC(=O)Nc1ccc(Br)cn1)CC(=O)Nc1ccccc1Oc1ccccc1. The zero-order chi connectivity index (χ0) is 21.3. The molecule has 0 saturated heterocycles. The van der Waals surface area contributed by atoms with Gasteiger partial charge >= 0.3 is 0 Å². The van der Waals surface area contributed by atoms with E-state index in [9.17, 15) is 9.59 Å². The fraction of sp³-hybridized carbons (Fsp3) is 0.136. The lowest BCUT2D eigenvalue weighted by Crippen LogP contribution is -2.36. The second-order valence-electron chi connectivity index (χ2n) is 6.54. The van der Waals surface area contributed by atoms with E-state index in [1.807, 2.05) is 42.5 Å². The van der Waals surface area contributed by atoms with Crippen molar-refractivity contribution in [3.63, 3.8) is 0 Å². The predicted octanol–water partition coefficient (Wildman–Crippen LogP) is 4.15. The zero-order valence-corrected chi connectivity index (χ0v) is 17.9. The molecule has 0 fully saturated rings. The Balaban J connectivity index is 1.52. The number of hydrogen-bond donors (Lipinski definition) is 2. The summed E-state index contributed by atoms with van der Waals surface area (Å²) in [6.07, 6.45) is 1.60. The number of amides is 2. The smallest absolute Gasteiger partial charge is 0.239 e. The first-order valence-corrected chi connectivity index (χ1v) is 10.0. The minimum atomic E-state index is -0.257. The second-order valence-corrected chi connectivity index (χ2v) is 7.46. The first-order valence-electron chi connectivity index (χ1n) is 9.21. The maximum Gasteiger partial charge on any atom is 0.239 e. The van der Waals surface area contributed by atoms with Crippen molar-refractivity contribution in [2.45, 2.75) is 0 Å². The van der Waals surface area contributed by atoms with Gasteiger partial charge in [0, 0.05) is 10.7 Å². The third kappa shape index (κ3) is 6.68. The van der Waals surface area contributed by atoms with E-state index in [-0.39, 0.29) is 24.9 Å². The van der Waals surface area contributed by atoms with Crippen LogP contribution in [0.5, 0.6) is 11.5 Å². The number of likely N-dealkylation sites (N-methyl/N-ethyl adjacent to an activating group) is 1. The number of pyridine rings is 1. The summed E-state index contributed by atoms with van der Waals surface area (Å²) in [7, 11) is 1.69. The molecular weight excluding hydrogens is 448 g/mol. The number of rotatable bonds is 8. The van der Waals surface area contributed by atoms with E-state index in [0.29, 0.717) is 23.0 Å². The van der Waals surface area contributed by atoms with E-state index >= 15 is 0 Å². The van der Waals surface area contributed by atoms with Crippen molar-refractivity contribution >= 4 is 39.2 Å². The lowest BCUT2D eigenvalue weighted by Gasteiger charge is -2.17. The van der Waals surface area contributed by atoms with Gasteiger partial charge in [-0.05, 0) is 59.4 Å². The van der Waals surface area contributed by atoms with E-state index in [4.69, 9.17) is 4.74 Å². The number of anilines is 2. The minimum Gasteiger partial charge on any atom is -0.455 e. The molecular formula is C22H21BrN4O3. The highest BCUT2D eigenvalue weighted by atomic mass is 79.9. The molecule has 2 N–H and O–H groups in total. The molecule has 0 spiro atoms. The van der Waals surface area contributed by atoms with Gasteiger partial charge in [-0.2, -0.15) is 0 Å². The van der Waals surface area contributed by atoms with Gasteiger partial charge in [-0.1, -0.05) is 30.3 Å². The molecule has 1 aromatic heterocycles. The van der Waals surface area contributed by atoms with Crippen molar-refractivity contribution in [2.24, 2.45) is 0 Å². The molecule has 8 heteroatoms. The average molecular weight is 469 g/mol. The number of carbonyl (C=O) groups is 2. The lowest BCUT2D eigenvalue weighted by molar-refractivity contribution is -0.119. The number of nitrogens with one attached hydrogen (secondary N) is 2. The highest BCUT2D eigenvalue weighted by Gasteiger charge is 2.13. The van der Waals surface area contributed by atoms with Gasteiger partial charge in [-0.3, -0.25) is 14.5 Å². The Bertz CT molecular complexity index is 997. The van der Waals surface area contributed by atoms with Gasteiger partial charge < -0.3 is 15.4 Å². The fourth-order valence-electron chi connectivity index (χ4n) is 2.64. The third-order valence-corrected chi connectivity index (χ3v) is 4.42. The van der Waals surface area contributed by atoms with Crippen LogP contribution in [-0.4, -0.2) is 41.8 Å². The summed E-state index contributed by atoms with van der Waals surface area (Å²) >= 11 is 3.29. The minimum absolute atomic E-state index is 0.0425. The Morgan fingerprint density at radius 2 is 1.60 bits per heavy atom. The normalized spacial score (nSPS) is 10.5. The summed E-state index contributed by atoms with van der Waals surface area (Å²) in [6.45, 7) is 0.0915. The first kappa shape index (κ1) is 21.5. The Morgan fingerprint density at radius 1 is 0.933 bits per heavy atom. The maximum absolute atomic E-state index is 12.4. The van der Waals surface area contributed by atoms with Gasteiger partial charge in [0.25, 0.3) is 0 Å². The topological polar surface area (TPSA) is 83.6 Å². The van der Waals surface area contributed by atoms with Crippen LogP contribution in [0.4, 0.5) is 11.5 Å². The van der Waals surface area contributed by atoms with Crippen molar-refractivity contribution < 1.29 is 14.3 Å². The van der Waals surface area contributed by atoms with Crippen molar-refractivity contribution in [3.8, 4) is 11.5 Å². The summed E-state index contributed by atoms with van der Waals surface area (Å²) < 4.78 is 6.68. The van der Waals surface area contributed by atoms with Gasteiger partial charge in [-0.15, -0.1) is 0 Å². The molecule has 2 amide bonds. The standard InChI is InChI=1S/C22H21BrN4O3/c1-27(15-22(29)26-20-12-11-16(23)13-24-20)14-21(28)25-18-9-5-6-10-19(18)30-17-7-3-2-4-8-17/h2-13H,14-15H2,1H3,(H,25,28)(H,24,26,29). The van der Waals surface area contributed by atoms with E-state index in [2.05, 4.69) is 31.5 Å². The highest BCUT2D eigenvalue weighted by molar-refractivity contribution is 9.10. The van der Waals surface area contributed by atoms with Crippen LogP contribution in [0, 0.1) is 0 Å². The second kappa shape index (κ2) is 10.5. The zero-order valence-electron chi connectivity index (χ0n) is 16.3. The number of para-hydroxylation sites is 3. The Kier molecular flexibility index (Phi) is 7.53. The maximum atomic E-state index is 12.4. The molecule has 0 atom stereocenters. The van der Waals surface area contributed by atoms with Crippen LogP contribution in [0.2, 0.25) is 0 Å². The first-order chi connectivity index (χ1) is 14.5. The number of hydrogen-bond acceptors (Lipinski definition) is 5. The van der Waals surface area contributed by atoms with Crippen LogP contribution in [0.1, 0.15) is 0 Å². The van der Waals surface area contributed by atoms with Crippen LogP contribution in [0.15, 0.2) is 77.4 Å². The highest BCUT2D eigenvalue weighted by Crippen LogP contribution is 2.29. The number of carbonyl (C=O) groups excluding carboxylic acids is 2. The molecule has 0 unspecified atom stereocenters. The molecule has 7 nitrogen and oxygen atoms in total. The molecule has 0 aliphatic rings. The van der Waals surface area contributed by atoms with Crippen LogP contribution in [0.25, 0.3) is 0 Å². The molecule has 0 aliphatic heterocycles. The van der Waals surface area contributed by atoms with Gasteiger partial charge in [0.05, 0.1) is 18.8 Å². The van der Waals surface area contributed by atoms with E-state index in [1.54, 1.807) is 42.4 Å². The van der Waals surface area contributed by atoms with Crippen LogP contribution >= 0.6 is 15.9 Å². The molecule has 154 valence electrons. The van der Waals surface area contributed by atoms with Gasteiger partial charge in [0.15, 0.2) is 5.75 Å². The number of nitrogens with zero attached hydrogens (tertiary/aromatic N) is 2. The molecule has 2 aromatic carbocycles. The summed E-state index contributed by atoms with van der Waals surface area (Å²) in [5.74, 6) is 1.16. The number of benzene rings is 2. The lowest BCUT2D eigenvalue weighted by atomic mass is 10.2. The van der Waals surface area contributed by atoms with Gasteiger partial charge in [0.1, 0.15) is 11.6 Å². The molecule has 30 heavy (non-hydrogen) atoms. The molecule has 3 aromatic rings. The van der Waals surface area contributed by atoms with Crippen LogP contribution in [0.3, 0.4) is 0 Å². The van der Waals surface area contributed by atoms with Crippen molar-refractivity contribution in [3.05, 3.63) is 77.4 Å². The Labute approximate surface area is 183 Å². The third-order valence-electron chi connectivity index (χ3n) is 3.95. The molecule has 1 heterocycles.